The summed E-state index contributed by atoms with van der Waals surface area (Å²) < 4.78 is 0. The lowest BCUT2D eigenvalue weighted by Crippen LogP contribution is -2.36. The van der Waals surface area contributed by atoms with Gasteiger partial charge in [0.25, 0.3) is 11.8 Å². The van der Waals surface area contributed by atoms with Crippen molar-refractivity contribution in [3.05, 3.63) is 65.7 Å². The minimum absolute atomic E-state index is 0.382. The topological polar surface area (TPSA) is 72.2 Å². The number of nitrogens with one attached hydrogen (secondary N) is 1. The van der Waals surface area contributed by atoms with E-state index in [0.29, 0.717) is 27.9 Å². The van der Waals surface area contributed by atoms with Gasteiger partial charge >= 0.3 is 0 Å². The molecule has 3 aromatic rings. The third-order valence-electron chi connectivity index (χ3n) is 3.98. The molecule has 0 fully saturated rings. The molecule has 4 rings (SSSR count). The van der Waals surface area contributed by atoms with Crippen LogP contribution >= 0.6 is 0 Å². The predicted molar refractivity (Wildman–Crippen MR) is 85.6 cm³/mol. The molecule has 1 aliphatic rings. The Hall–Kier alpha value is -3.14. The summed E-state index contributed by atoms with van der Waals surface area (Å²) in [6, 6.07) is 16.6. The Kier molecular flexibility index (Phi) is 2.53. The summed E-state index contributed by atoms with van der Waals surface area (Å²) in [5.41, 5.74) is 8.91. The van der Waals surface area contributed by atoms with Crippen molar-refractivity contribution in [3.8, 4) is 11.1 Å². The third kappa shape index (κ3) is 1.64. The van der Waals surface area contributed by atoms with Crippen LogP contribution in [0.3, 0.4) is 0 Å². The highest BCUT2D eigenvalue weighted by molar-refractivity contribution is 6.27. The molecular formula is C18H12N2O2. The number of anilines is 1. The van der Waals surface area contributed by atoms with E-state index in [-0.39, 0.29) is 11.8 Å². The van der Waals surface area contributed by atoms with Crippen molar-refractivity contribution in [3.63, 3.8) is 0 Å². The van der Waals surface area contributed by atoms with Crippen molar-refractivity contribution in [1.82, 2.24) is 5.32 Å². The number of fused-ring (bicyclic) bond motifs is 4. The van der Waals surface area contributed by atoms with Gasteiger partial charge in [-0.05, 0) is 22.9 Å². The molecule has 2 amide bonds. The second kappa shape index (κ2) is 4.43. The molecule has 106 valence electrons. The Morgan fingerprint density at radius 1 is 0.773 bits per heavy atom. The maximum atomic E-state index is 12.4. The van der Waals surface area contributed by atoms with E-state index in [0.717, 1.165) is 10.8 Å². The van der Waals surface area contributed by atoms with Gasteiger partial charge in [0, 0.05) is 22.4 Å². The number of para-hydroxylation sites is 1. The quantitative estimate of drug-likeness (QED) is 0.534. The first kappa shape index (κ1) is 12.6. The number of benzene rings is 3. The summed E-state index contributed by atoms with van der Waals surface area (Å²) >= 11 is 0. The molecule has 2 bridgehead atoms. The normalized spacial score (nSPS) is 13.3. The van der Waals surface area contributed by atoms with Gasteiger partial charge < -0.3 is 5.73 Å². The zero-order chi connectivity index (χ0) is 15.3. The molecule has 1 aliphatic heterocycles. The molecule has 0 spiro atoms. The lowest BCUT2D eigenvalue weighted by atomic mass is 9.86. The van der Waals surface area contributed by atoms with E-state index in [1.54, 1.807) is 6.07 Å². The minimum Gasteiger partial charge on any atom is -0.398 e. The summed E-state index contributed by atoms with van der Waals surface area (Å²) in [6.07, 6.45) is 0. The second-order valence-electron chi connectivity index (χ2n) is 5.27. The standard InChI is InChI=1S/C18H12N2O2/c19-14-8-4-3-7-12(14)15-13-9-10-5-1-2-6-11(10)16(15)18(22)20-17(13)21/h1-9H,19H2,(H,20,21,22). The fourth-order valence-corrected chi connectivity index (χ4v) is 3.00. The van der Waals surface area contributed by atoms with Crippen LogP contribution < -0.4 is 11.1 Å². The first-order valence-electron chi connectivity index (χ1n) is 6.93. The Morgan fingerprint density at radius 3 is 2.32 bits per heavy atom. The number of hydrogen-bond donors (Lipinski definition) is 2. The first-order valence-corrected chi connectivity index (χ1v) is 6.93. The van der Waals surface area contributed by atoms with Gasteiger partial charge in [-0.15, -0.1) is 0 Å². The lowest BCUT2D eigenvalue weighted by molar-refractivity contribution is 0.0843. The van der Waals surface area contributed by atoms with E-state index < -0.39 is 0 Å². The minimum atomic E-state index is -0.387. The highest BCUT2D eigenvalue weighted by Crippen LogP contribution is 2.38. The van der Waals surface area contributed by atoms with E-state index >= 15 is 0 Å². The maximum Gasteiger partial charge on any atom is 0.259 e. The van der Waals surface area contributed by atoms with E-state index in [2.05, 4.69) is 5.32 Å². The number of nitrogen functional groups attached to an aromatic ring is 1. The van der Waals surface area contributed by atoms with Gasteiger partial charge in [0.2, 0.25) is 0 Å². The monoisotopic (exact) mass is 288 g/mol. The molecule has 0 saturated carbocycles. The van der Waals surface area contributed by atoms with Crippen LogP contribution in [0.5, 0.6) is 0 Å². The number of imide groups is 1. The van der Waals surface area contributed by atoms with Crippen molar-refractivity contribution in [2.45, 2.75) is 0 Å². The largest absolute Gasteiger partial charge is 0.398 e. The van der Waals surface area contributed by atoms with E-state index in [9.17, 15) is 9.59 Å². The van der Waals surface area contributed by atoms with Crippen LogP contribution in [0.25, 0.3) is 21.9 Å². The number of nitrogens with two attached hydrogens (primary N) is 1. The van der Waals surface area contributed by atoms with Crippen LogP contribution in [-0.2, 0) is 0 Å². The van der Waals surface area contributed by atoms with Crippen molar-refractivity contribution in [2.24, 2.45) is 0 Å². The van der Waals surface area contributed by atoms with Crippen LogP contribution in [-0.4, -0.2) is 11.8 Å². The molecule has 3 aromatic carbocycles. The average molecular weight is 288 g/mol. The molecule has 4 heteroatoms. The Bertz CT molecular complexity index is 960. The van der Waals surface area contributed by atoms with Crippen molar-refractivity contribution < 1.29 is 9.59 Å². The third-order valence-corrected chi connectivity index (χ3v) is 3.98. The van der Waals surface area contributed by atoms with Gasteiger partial charge in [-0.2, -0.15) is 0 Å². The molecule has 0 unspecified atom stereocenters. The molecule has 1 heterocycles. The van der Waals surface area contributed by atoms with Crippen molar-refractivity contribution >= 4 is 28.3 Å². The van der Waals surface area contributed by atoms with Crippen LogP contribution in [0.2, 0.25) is 0 Å². The molecule has 4 nitrogen and oxygen atoms in total. The fourth-order valence-electron chi connectivity index (χ4n) is 3.00. The van der Waals surface area contributed by atoms with Gasteiger partial charge in [0.15, 0.2) is 0 Å². The van der Waals surface area contributed by atoms with Crippen LogP contribution in [0.4, 0.5) is 5.69 Å². The summed E-state index contributed by atoms with van der Waals surface area (Å²) in [5, 5.41) is 4.08. The number of rotatable bonds is 1. The van der Waals surface area contributed by atoms with Crippen LogP contribution in [0, 0.1) is 0 Å². The summed E-state index contributed by atoms with van der Waals surface area (Å²) in [5.74, 6) is -0.769. The van der Waals surface area contributed by atoms with E-state index in [1.807, 2.05) is 48.5 Å². The number of carbonyl (C=O) groups excluding carboxylic acids is 2. The molecule has 0 aromatic heterocycles. The molecular weight excluding hydrogens is 276 g/mol. The SMILES string of the molecule is Nc1ccccc1-c1c2cc3ccccc3c1C(=O)NC2=O. The Morgan fingerprint density at radius 2 is 1.50 bits per heavy atom. The highest BCUT2D eigenvalue weighted by Gasteiger charge is 2.30. The van der Waals surface area contributed by atoms with E-state index in [4.69, 9.17) is 5.73 Å². The zero-order valence-electron chi connectivity index (χ0n) is 11.6. The van der Waals surface area contributed by atoms with Crippen molar-refractivity contribution in [1.29, 1.82) is 0 Å². The number of amides is 2. The molecule has 22 heavy (non-hydrogen) atoms. The lowest BCUT2D eigenvalue weighted by Gasteiger charge is -2.22. The molecule has 0 aliphatic carbocycles. The van der Waals surface area contributed by atoms with Crippen LogP contribution in [0.1, 0.15) is 20.7 Å². The summed E-state index contributed by atoms with van der Waals surface area (Å²) in [7, 11) is 0. The average Bonchev–Trinajstić information content (AvgIpc) is 2.52. The van der Waals surface area contributed by atoms with Crippen molar-refractivity contribution in [2.75, 3.05) is 5.73 Å². The summed E-state index contributed by atoms with van der Waals surface area (Å²) in [6.45, 7) is 0. The second-order valence-corrected chi connectivity index (χ2v) is 5.27. The smallest absolute Gasteiger partial charge is 0.259 e. The number of carbonyl (C=O) groups is 2. The molecule has 0 radical (unpaired) electrons. The van der Waals surface area contributed by atoms with E-state index in [1.165, 1.54) is 0 Å². The Balaban J connectivity index is 2.21. The number of hydrogen-bond acceptors (Lipinski definition) is 3. The maximum absolute atomic E-state index is 12.4. The Labute approximate surface area is 126 Å². The van der Waals surface area contributed by atoms with Gasteiger partial charge in [0.1, 0.15) is 0 Å². The molecule has 0 saturated heterocycles. The molecule has 3 N–H and O–H groups in total. The van der Waals surface area contributed by atoms with Crippen LogP contribution in [0.15, 0.2) is 54.6 Å². The first-order chi connectivity index (χ1) is 10.7. The fraction of sp³-hybridized carbons (Fsp3) is 0. The van der Waals surface area contributed by atoms with Gasteiger partial charge in [-0.25, -0.2) is 0 Å². The van der Waals surface area contributed by atoms with Gasteiger partial charge in [-0.3, -0.25) is 14.9 Å². The van der Waals surface area contributed by atoms with Gasteiger partial charge in [-0.1, -0.05) is 42.5 Å². The zero-order valence-corrected chi connectivity index (χ0v) is 11.6. The summed E-state index contributed by atoms with van der Waals surface area (Å²) in [4.78, 5) is 24.7. The molecule has 0 atom stereocenters. The predicted octanol–water partition coefficient (Wildman–Crippen LogP) is 2.97. The van der Waals surface area contributed by atoms with Gasteiger partial charge in [0.05, 0.1) is 5.56 Å². The highest BCUT2D eigenvalue weighted by atomic mass is 16.2.